The molecule has 0 N–H and O–H groups in total. The number of aryl methyl sites for hydroxylation is 1. The molecule has 1 aliphatic carbocycles. The second-order valence-corrected chi connectivity index (χ2v) is 12.8. The number of hydrogen-bond donors (Lipinski definition) is 0. The molecule has 1 aromatic heterocycles. The minimum Gasteiger partial charge on any atom is -0.337 e. The third-order valence-corrected chi connectivity index (χ3v) is 10.1. The molecule has 224 valence electrons. The van der Waals surface area contributed by atoms with Crippen LogP contribution < -0.4 is 4.90 Å². The van der Waals surface area contributed by atoms with E-state index in [1.807, 2.05) is 6.07 Å². The Bertz CT molecular complexity index is 2420. The number of aromatic nitrogens is 1. The third kappa shape index (κ3) is 4.33. The van der Waals surface area contributed by atoms with Crippen molar-refractivity contribution in [3.8, 4) is 34.0 Å². The van der Waals surface area contributed by atoms with E-state index in [2.05, 4.69) is 162 Å². The van der Waals surface area contributed by atoms with Gasteiger partial charge >= 0.3 is 0 Å². The normalized spacial score (nSPS) is 16.7. The van der Waals surface area contributed by atoms with Gasteiger partial charge in [-0.3, -0.25) is 0 Å². The largest absolute Gasteiger partial charge is 0.337 e. The van der Waals surface area contributed by atoms with Crippen LogP contribution in [-0.2, 0) is 0 Å². The molecular weight excluding hydrogens is 571 g/mol. The van der Waals surface area contributed by atoms with Gasteiger partial charge in [0.05, 0.1) is 22.7 Å². The average molecular weight is 604 g/mol. The lowest BCUT2D eigenvalue weighted by Gasteiger charge is -2.33. The highest BCUT2D eigenvalue weighted by atomic mass is 15.2. The molecule has 0 amide bonds. The van der Waals surface area contributed by atoms with Crippen LogP contribution in [0.25, 0.3) is 49.7 Å². The summed E-state index contributed by atoms with van der Waals surface area (Å²) in [6.45, 7) is 2.15. The zero-order chi connectivity index (χ0) is 31.5. The van der Waals surface area contributed by atoms with Gasteiger partial charge in [0, 0.05) is 45.4 Å². The lowest BCUT2D eigenvalue weighted by atomic mass is 9.87. The molecule has 2 atom stereocenters. The van der Waals surface area contributed by atoms with E-state index < -0.39 is 0 Å². The number of para-hydroxylation sites is 3. The smallest absolute Gasteiger partial charge is 0.0991 e. The summed E-state index contributed by atoms with van der Waals surface area (Å²) >= 11 is 0. The van der Waals surface area contributed by atoms with Crippen LogP contribution in [-0.4, -0.2) is 10.6 Å². The molecule has 6 aromatic carbocycles. The number of nitrogens with zero attached hydrogens (tertiary/aromatic N) is 3. The van der Waals surface area contributed by atoms with Crippen LogP contribution in [0, 0.1) is 18.3 Å². The Labute approximate surface area is 275 Å². The Hall–Kier alpha value is -5.85. The highest BCUT2D eigenvalue weighted by Crippen LogP contribution is 2.51. The van der Waals surface area contributed by atoms with Gasteiger partial charge in [-0.2, -0.15) is 5.26 Å². The first-order chi connectivity index (χ1) is 23.2. The van der Waals surface area contributed by atoms with Crippen LogP contribution in [0.2, 0.25) is 0 Å². The molecule has 0 radical (unpaired) electrons. The van der Waals surface area contributed by atoms with E-state index in [4.69, 9.17) is 0 Å². The summed E-state index contributed by atoms with van der Waals surface area (Å²) in [7, 11) is 0. The Morgan fingerprint density at radius 3 is 2.38 bits per heavy atom. The Morgan fingerprint density at radius 1 is 0.660 bits per heavy atom. The first-order valence-corrected chi connectivity index (χ1v) is 16.5. The number of rotatable bonds is 4. The fraction of sp³-hybridized carbons (Fsp3) is 0.114. The predicted molar refractivity (Wildman–Crippen MR) is 195 cm³/mol. The summed E-state index contributed by atoms with van der Waals surface area (Å²) in [5.41, 5.74) is 13.7. The summed E-state index contributed by atoms with van der Waals surface area (Å²) in [6.07, 6.45) is 6.96. The van der Waals surface area contributed by atoms with Crippen LogP contribution in [0.15, 0.2) is 146 Å². The maximum atomic E-state index is 10.0. The molecule has 3 nitrogen and oxygen atoms in total. The van der Waals surface area contributed by atoms with Gasteiger partial charge in [0.1, 0.15) is 0 Å². The average Bonchev–Trinajstić information content (AvgIpc) is 3.64. The fourth-order valence-corrected chi connectivity index (χ4v) is 8.06. The summed E-state index contributed by atoms with van der Waals surface area (Å²) in [5, 5.41) is 12.5. The lowest BCUT2D eigenvalue weighted by Crippen LogP contribution is -2.31. The van der Waals surface area contributed by atoms with Gasteiger partial charge in [-0.05, 0) is 96.1 Å². The van der Waals surface area contributed by atoms with Crippen LogP contribution in [0.1, 0.15) is 35.4 Å². The maximum Gasteiger partial charge on any atom is 0.0991 e. The first kappa shape index (κ1) is 27.5. The number of fused-ring (bicyclic) bond motifs is 6. The van der Waals surface area contributed by atoms with E-state index in [0.29, 0.717) is 17.5 Å². The van der Waals surface area contributed by atoms with Crippen molar-refractivity contribution < 1.29 is 0 Å². The SMILES string of the molecule is Cc1ccc2c3ccccc3n(-c3cccc(-c4cc(C#N)ccc4-c4ccccc4N4c5ccccc5C5C=CCCC54)c3)c2c1. The van der Waals surface area contributed by atoms with E-state index in [-0.39, 0.29) is 0 Å². The molecule has 47 heavy (non-hydrogen) atoms. The van der Waals surface area contributed by atoms with Crippen molar-refractivity contribution in [1.29, 1.82) is 5.26 Å². The van der Waals surface area contributed by atoms with Gasteiger partial charge in [0.15, 0.2) is 0 Å². The third-order valence-electron chi connectivity index (χ3n) is 10.1. The van der Waals surface area contributed by atoms with Crippen LogP contribution >= 0.6 is 0 Å². The standard InChI is InChI=1S/C44H33N3/c1-29-21-23-38-37-16-3-6-17-40(37)46(44(38)25-29)32-12-10-11-31(27-32)39-26-30(28-45)22-24-33(39)34-13-2-7-18-41(34)47-42-19-8-4-14-35(42)36-15-5-9-20-43(36)47/h2-8,10-19,21-27,36,43H,9,20H2,1H3. The van der Waals surface area contributed by atoms with Crippen molar-refractivity contribution in [3.05, 3.63) is 162 Å². The lowest BCUT2D eigenvalue weighted by molar-refractivity contribution is 0.565. The minimum atomic E-state index is 0.377. The second-order valence-electron chi connectivity index (χ2n) is 12.8. The van der Waals surface area contributed by atoms with Gasteiger partial charge in [-0.1, -0.05) is 97.1 Å². The van der Waals surface area contributed by atoms with Crippen LogP contribution in [0.3, 0.4) is 0 Å². The van der Waals surface area contributed by atoms with E-state index >= 15 is 0 Å². The monoisotopic (exact) mass is 603 g/mol. The molecule has 9 rings (SSSR count). The van der Waals surface area contributed by atoms with Crippen molar-refractivity contribution in [2.24, 2.45) is 0 Å². The molecule has 1 aliphatic heterocycles. The van der Waals surface area contributed by atoms with E-state index in [0.717, 1.165) is 35.2 Å². The zero-order valence-electron chi connectivity index (χ0n) is 26.3. The highest BCUT2D eigenvalue weighted by Gasteiger charge is 2.39. The molecule has 2 unspecified atom stereocenters. The van der Waals surface area contributed by atoms with Gasteiger partial charge < -0.3 is 9.47 Å². The Kier molecular flexibility index (Phi) is 6.37. The number of hydrogen-bond acceptors (Lipinski definition) is 2. The number of anilines is 2. The Morgan fingerprint density at radius 2 is 1.47 bits per heavy atom. The zero-order valence-corrected chi connectivity index (χ0v) is 26.3. The quantitative estimate of drug-likeness (QED) is 0.187. The fourth-order valence-electron chi connectivity index (χ4n) is 8.06. The van der Waals surface area contributed by atoms with Gasteiger partial charge in [-0.25, -0.2) is 0 Å². The molecule has 3 heteroatoms. The molecule has 2 aliphatic rings. The molecule has 0 bridgehead atoms. The minimum absolute atomic E-state index is 0.377. The molecule has 0 saturated carbocycles. The highest BCUT2D eigenvalue weighted by molar-refractivity contribution is 6.09. The molecule has 7 aromatic rings. The summed E-state index contributed by atoms with van der Waals surface area (Å²) in [5.74, 6) is 0.389. The summed E-state index contributed by atoms with van der Waals surface area (Å²) in [4.78, 5) is 2.58. The summed E-state index contributed by atoms with van der Waals surface area (Å²) in [6, 6.07) is 50.8. The molecule has 0 spiro atoms. The van der Waals surface area contributed by atoms with Crippen LogP contribution in [0.4, 0.5) is 11.4 Å². The van der Waals surface area contributed by atoms with E-state index in [9.17, 15) is 5.26 Å². The van der Waals surface area contributed by atoms with Gasteiger partial charge in [-0.15, -0.1) is 0 Å². The van der Waals surface area contributed by atoms with Crippen molar-refractivity contribution >= 4 is 33.2 Å². The van der Waals surface area contributed by atoms with E-state index in [1.165, 1.54) is 49.9 Å². The second kappa shape index (κ2) is 10.9. The van der Waals surface area contributed by atoms with E-state index in [1.54, 1.807) is 0 Å². The topological polar surface area (TPSA) is 32.0 Å². The maximum absolute atomic E-state index is 10.0. The van der Waals surface area contributed by atoms with Crippen molar-refractivity contribution in [3.63, 3.8) is 0 Å². The molecule has 0 fully saturated rings. The number of allylic oxidation sites excluding steroid dienone is 1. The summed E-state index contributed by atoms with van der Waals surface area (Å²) < 4.78 is 2.38. The number of benzene rings is 6. The van der Waals surface area contributed by atoms with Gasteiger partial charge in [0.25, 0.3) is 0 Å². The van der Waals surface area contributed by atoms with Crippen molar-refractivity contribution in [2.75, 3.05) is 4.90 Å². The Balaban J connectivity index is 1.24. The van der Waals surface area contributed by atoms with Gasteiger partial charge in [0.2, 0.25) is 0 Å². The predicted octanol–water partition coefficient (Wildman–Crippen LogP) is 11.3. The molecule has 2 heterocycles. The van der Waals surface area contributed by atoms with Crippen molar-refractivity contribution in [1.82, 2.24) is 4.57 Å². The molecular formula is C44H33N3. The van der Waals surface area contributed by atoms with Crippen LogP contribution in [0.5, 0.6) is 0 Å². The molecule has 0 saturated heterocycles. The number of nitriles is 1. The first-order valence-electron chi connectivity index (χ1n) is 16.5. The van der Waals surface area contributed by atoms with Crippen molar-refractivity contribution in [2.45, 2.75) is 31.7 Å².